The Hall–Kier alpha value is -0.560. The number of unbranched alkanes of at least 4 members (excludes halogenated alkanes) is 22. The molecule has 352 valence electrons. The maximum absolute atomic E-state index is 10.7. The summed E-state index contributed by atoms with van der Waals surface area (Å²) in [6.45, 7) is 3.92. The summed E-state index contributed by atoms with van der Waals surface area (Å²) in [4.78, 5) is 0. The fourth-order valence-electron chi connectivity index (χ4n) is 7.85. The number of aliphatic hydroxyl groups is 8. The molecule has 0 aliphatic carbocycles. The fraction of sp³-hybridized carbons (Fsp3) is 1.00. The van der Waals surface area contributed by atoms with Crippen LogP contribution in [0.1, 0.15) is 168 Å². The lowest BCUT2D eigenvalue weighted by molar-refractivity contribution is -0.322. The molecule has 14 nitrogen and oxygen atoms in total. The average molecular weight is 853 g/mol. The van der Waals surface area contributed by atoms with Gasteiger partial charge in [0.05, 0.1) is 45.1 Å². The van der Waals surface area contributed by atoms with Crippen LogP contribution in [-0.4, -0.2) is 155 Å². The highest BCUT2D eigenvalue weighted by Crippen LogP contribution is 2.30. The first-order chi connectivity index (χ1) is 28.6. The van der Waals surface area contributed by atoms with Gasteiger partial charge in [-0.1, -0.05) is 155 Å². The Kier molecular flexibility index (Phi) is 31.4. The van der Waals surface area contributed by atoms with Crippen LogP contribution in [0.2, 0.25) is 0 Å². The van der Waals surface area contributed by atoms with Gasteiger partial charge in [-0.2, -0.15) is 0 Å². The van der Waals surface area contributed by atoms with Gasteiger partial charge in [-0.15, -0.1) is 0 Å². The second-order valence-electron chi connectivity index (χ2n) is 17.4. The van der Waals surface area contributed by atoms with E-state index in [1.165, 1.54) is 116 Å². The summed E-state index contributed by atoms with van der Waals surface area (Å²) in [5, 5.41) is 82.5. The van der Waals surface area contributed by atoms with Crippen molar-refractivity contribution in [3.63, 3.8) is 0 Å². The Bertz CT molecular complexity index is 886. The molecule has 0 radical (unpaired) electrons. The lowest BCUT2D eigenvalue weighted by Gasteiger charge is -2.43. The minimum atomic E-state index is -1.63. The van der Waals surface area contributed by atoms with Crippen molar-refractivity contribution >= 4 is 0 Å². The number of aliphatic hydroxyl groups excluding tert-OH is 8. The lowest BCUT2D eigenvalue weighted by atomic mass is 9.91. The van der Waals surface area contributed by atoms with Gasteiger partial charge >= 0.3 is 0 Å². The molecule has 2 heterocycles. The van der Waals surface area contributed by atoms with E-state index in [2.05, 4.69) is 13.8 Å². The molecule has 8 N–H and O–H groups in total. The summed E-state index contributed by atoms with van der Waals surface area (Å²) in [5.74, 6) is 0. The lowest BCUT2D eigenvalue weighted by Crippen LogP contribution is -2.60. The number of hydrogen-bond acceptors (Lipinski definition) is 14. The van der Waals surface area contributed by atoms with Gasteiger partial charge in [0.1, 0.15) is 48.8 Å². The average Bonchev–Trinajstić information content (AvgIpc) is 3.24. The van der Waals surface area contributed by atoms with Crippen molar-refractivity contribution in [3.05, 3.63) is 0 Å². The Morgan fingerprint density at radius 3 is 0.949 bits per heavy atom. The molecule has 0 unspecified atom stereocenters. The van der Waals surface area contributed by atoms with Gasteiger partial charge in [-0.3, -0.25) is 0 Å². The molecule has 2 aliphatic heterocycles. The van der Waals surface area contributed by atoms with E-state index in [1.54, 1.807) is 0 Å². The van der Waals surface area contributed by atoms with Gasteiger partial charge < -0.3 is 69.3 Å². The second-order valence-corrected chi connectivity index (χ2v) is 17.4. The zero-order chi connectivity index (χ0) is 43.1. The molecule has 2 rings (SSSR count). The van der Waals surface area contributed by atoms with Gasteiger partial charge in [0.15, 0.2) is 12.6 Å². The van der Waals surface area contributed by atoms with Crippen LogP contribution in [0.5, 0.6) is 0 Å². The van der Waals surface area contributed by atoms with E-state index in [1.807, 2.05) is 0 Å². The van der Waals surface area contributed by atoms with Crippen molar-refractivity contribution in [2.24, 2.45) is 5.41 Å². The summed E-state index contributed by atoms with van der Waals surface area (Å²) in [5.41, 5.74) is -1.09. The van der Waals surface area contributed by atoms with Crippen LogP contribution in [0.3, 0.4) is 0 Å². The molecule has 14 heteroatoms. The van der Waals surface area contributed by atoms with E-state index in [9.17, 15) is 40.9 Å². The standard InChI is InChI=1S/C45H88O14/c1-3-5-7-9-11-13-15-17-19-21-23-25-27-54-31-45(33-56-43-41(52)39(50)37(48)35(29-46)58-43,34-57-44-42(53)40(51)38(49)36(30-47)59-44)32-55-28-26-24-22-20-18-16-14-12-10-8-6-4-2/h35-44,46-53H,3-34H2,1-2H3/t35-,36-,37+,38+,39+,40+,41-,42-,43-,44-/m1/s1. The summed E-state index contributed by atoms with van der Waals surface area (Å²) < 4.78 is 35.9. The van der Waals surface area contributed by atoms with Gasteiger partial charge in [0.25, 0.3) is 0 Å². The molecule has 0 aromatic rings. The predicted octanol–water partition coefficient (Wildman–Crippen LogP) is 5.04. The summed E-state index contributed by atoms with van der Waals surface area (Å²) in [6, 6.07) is 0. The topological polar surface area (TPSA) is 217 Å². The summed E-state index contributed by atoms with van der Waals surface area (Å²) in [6.07, 6.45) is 14.3. The molecule has 2 saturated heterocycles. The number of ether oxygens (including phenoxy) is 6. The smallest absolute Gasteiger partial charge is 0.186 e. The van der Waals surface area contributed by atoms with E-state index in [0.717, 1.165) is 38.5 Å². The monoisotopic (exact) mass is 853 g/mol. The molecule has 0 aromatic heterocycles. The summed E-state index contributed by atoms with van der Waals surface area (Å²) in [7, 11) is 0. The first-order valence-electron chi connectivity index (χ1n) is 23.6. The van der Waals surface area contributed by atoms with Crippen LogP contribution in [0, 0.1) is 5.41 Å². The van der Waals surface area contributed by atoms with Crippen LogP contribution in [0.15, 0.2) is 0 Å². The van der Waals surface area contributed by atoms with Gasteiger partial charge in [0, 0.05) is 13.2 Å². The maximum atomic E-state index is 10.7. The molecule has 0 amide bonds. The minimum Gasteiger partial charge on any atom is -0.394 e. The number of hydrogen-bond donors (Lipinski definition) is 8. The van der Waals surface area contributed by atoms with Crippen molar-refractivity contribution in [2.75, 3.05) is 52.9 Å². The Labute approximate surface area is 356 Å². The molecule has 10 atom stereocenters. The fourth-order valence-corrected chi connectivity index (χ4v) is 7.85. The molecule has 2 aliphatic rings. The Morgan fingerprint density at radius 2 is 0.661 bits per heavy atom. The molecule has 59 heavy (non-hydrogen) atoms. The van der Waals surface area contributed by atoms with Crippen LogP contribution >= 0.6 is 0 Å². The van der Waals surface area contributed by atoms with E-state index >= 15 is 0 Å². The molecule has 0 bridgehead atoms. The SMILES string of the molecule is CCCCCCCCCCCCCCOCC(COCCCCCCCCCCCCCC)(CO[C@@H]1O[C@H](CO)[C@H](O)[C@H](O)[C@H]1O)CO[C@@H]1O[C@H](CO)[C@H](O)[C@H](O)[C@H]1O. The summed E-state index contributed by atoms with van der Waals surface area (Å²) >= 11 is 0. The quantitative estimate of drug-likeness (QED) is 0.0382. The Morgan fingerprint density at radius 1 is 0.373 bits per heavy atom. The Balaban J connectivity index is 2.03. The largest absolute Gasteiger partial charge is 0.394 e. The molecular weight excluding hydrogens is 764 g/mol. The number of rotatable bonds is 38. The highest BCUT2D eigenvalue weighted by molar-refractivity contribution is 4.91. The van der Waals surface area contributed by atoms with Crippen LogP contribution in [0.25, 0.3) is 0 Å². The molecular formula is C45H88O14. The van der Waals surface area contributed by atoms with Crippen LogP contribution in [-0.2, 0) is 28.4 Å². The first kappa shape index (κ1) is 54.6. The van der Waals surface area contributed by atoms with E-state index in [0.29, 0.717) is 13.2 Å². The second kappa shape index (κ2) is 33.9. The predicted molar refractivity (Wildman–Crippen MR) is 226 cm³/mol. The van der Waals surface area contributed by atoms with E-state index in [4.69, 9.17) is 28.4 Å². The minimum absolute atomic E-state index is 0.0678. The van der Waals surface area contributed by atoms with Crippen LogP contribution < -0.4 is 0 Å². The van der Waals surface area contributed by atoms with Crippen molar-refractivity contribution < 1.29 is 69.3 Å². The maximum Gasteiger partial charge on any atom is 0.186 e. The molecule has 0 spiro atoms. The van der Waals surface area contributed by atoms with Crippen molar-refractivity contribution in [1.29, 1.82) is 0 Å². The third-order valence-corrected chi connectivity index (χ3v) is 11.9. The molecule has 0 aromatic carbocycles. The first-order valence-corrected chi connectivity index (χ1v) is 23.6. The zero-order valence-corrected chi connectivity index (χ0v) is 36.9. The molecule has 0 saturated carbocycles. The zero-order valence-electron chi connectivity index (χ0n) is 36.9. The highest BCUT2D eigenvalue weighted by Gasteiger charge is 2.47. The van der Waals surface area contributed by atoms with Crippen molar-refractivity contribution in [3.8, 4) is 0 Å². The third kappa shape index (κ3) is 22.1. The van der Waals surface area contributed by atoms with E-state index in [-0.39, 0.29) is 26.4 Å². The highest BCUT2D eigenvalue weighted by atomic mass is 16.7. The van der Waals surface area contributed by atoms with Crippen molar-refractivity contribution in [1.82, 2.24) is 0 Å². The third-order valence-electron chi connectivity index (χ3n) is 11.9. The molecule has 2 fully saturated rings. The van der Waals surface area contributed by atoms with Gasteiger partial charge in [0.2, 0.25) is 0 Å². The van der Waals surface area contributed by atoms with Gasteiger partial charge in [-0.05, 0) is 12.8 Å². The van der Waals surface area contributed by atoms with E-state index < -0.39 is 80.0 Å². The van der Waals surface area contributed by atoms with Crippen molar-refractivity contribution in [2.45, 2.75) is 229 Å². The van der Waals surface area contributed by atoms with Crippen LogP contribution in [0.4, 0.5) is 0 Å². The normalized spacial score (nSPS) is 27.8. The van der Waals surface area contributed by atoms with Gasteiger partial charge in [-0.25, -0.2) is 0 Å².